The molecule has 2 N–H and O–H groups in total. The van der Waals surface area contributed by atoms with Gasteiger partial charge in [0.1, 0.15) is 11.9 Å². The predicted octanol–water partition coefficient (Wildman–Crippen LogP) is 2.36. The van der Waals surface area contributed by atoms with Crippen LogP contribution in [0.1, 0.15) is 50.7 Å². The molecule has 0 radical (unpaired) electrons. The van der Waals surface area contributed by atoms with E-state index >= 15 is 0 Å². The third-order valence-electron chi connectivity index (χ3n) is 5.79. The van der Waals surface area contributed by atoms with Crippen LogP contribution in [0.4, 0.5) is 0 Å². The Kier molecular flexibility index (Phi) is 4.93. The minimum absolute atomic E-state index is 0.0123. The van der Waals surface area contributed by atoms with Crippen molar-refractivity contribution in [3.8, 4) is 5.75 Å². The first-order chi connectivity index (χ1) is 12.5. The molecule has 0 aliphatic carbocycles. The highest BCUT2D eigenvalue weighted by Gasteiger charge is 2.42. The van der Waals surface area contributed by atoms with E-state index in [1.807, 2.05) is 0 Å². The van der Waals surface area contributed by atoms with E-state index in [0.717, 1.165) is 50.9 Å². The number of nitrogens with one attached hydrogen (secondary N) is 2. The average Bonchev–Trinajstić information content (AvgIpc) is 2.92. The molecule has 3 heterocycles. The maximum Gasteiger partial charge on any atom is 0.222 e. The van der Waals surface area contributed by atoms with Gasteiger partial charge in [0.2, 0.25) is 5.91 Å². The number of fused-ring (bicyclic) bond motifs is 1. The molecular formula is C21H30N2O3. The molecule has 0 aromatic heterocycles. The molecule has 1 aromatic carbocycles. The maximum atomic E-state index is 12.4. The highest BCUT2D eigenvalue weighted by atomic mass is 16.5. The van der Waals surface area contributed by atoms with Crippen LogP contribution in [-0.4, -0.2) is 42.8 Å². The second kappa shape index (κ2) is 7.20. The fourth-order valence-corrected chi connectivity index (χ4v) is 4.48. The van der Waals surface area contributed by atoms with Crippen LogP contribution in [0.5, 0.6) is 5.75 Å². The third-order valence-corrected chi connectivity index (χ3v) is 5.79. The van der Waals surface area contributed by atoms with Crippen LogP contribution < -0.4 is 15.4 Å². The number of ether oxygens (including phenoxy) is 2. The van der Waals surface area contributed by atoms with E-state index in [1.165, 1.54) is 11.1 Å². The van der Waals surface area contributed by atoms with Gasteiger partial charge in [0, 0.05) is 25.6 Å². The van der Waals surface area contributed by atoms with E-state index in [0.29, 0.717) is 6.42 Å². The first kappa shape index (κ1) is 17.8. The standard InChI is InChI=1S/C21H30N2O3/c1-14(8-16-5-6-19-17(10-16)9-15(2)25-19)23-20(24)11-18-4-3-7-21(26-18)12-22-13-21/h5-6,10,14-15,18,22H,3-4,7-9,11-13H2,1-2H3,(H,23,24)/t14-,15?,18?/m1/s1. The summed E-state index contributed by atoms with van der Waals surface area (Å²) < 4.78 is 12.0. The zero-order valence-corrected chi connectivity index (χ0v) is 15.8. The van der Waals surface area contributed by atoms with Crippen molar-refractivity contribution in [3.63, 3.8) is 0 Å². The van der Waals surface area contributed by atoms with Crippen molar-refractivity contribution in [2.75, 3.05) is 13.1 Å². The zero-order valence-electron chi connectivity index (χ0n) is 15.8. The fourth-order valence-electron chi connectivity index (χ4n) is 4.48. The highest BCUT2D eigenvalue weighted by molar-refractivity contribution is 5.76. The van der Waals surface area contributed by atoms with Crippen molar-refractivity contribution in [1.29, 1.82) is 0 Å². The Balaban J connectivity index is 1.26. The number of amides is 1. The fraction of sp³-hybridized carbons (Fsp3) is 0.667. The van der Waals surface area contributed by atoms with Gasteiger partial charge in [-0.3, -0.25) is 4.79 Å². The molecule has 2 unspecified atom stereocenters. The summed E-state index contributed by atoms with van der Waals surface area (Å²) in [4.78, 5) is 12.4. The number of carbonyl (C=O) groups is 1. The molecule has 26 heavy (non-hydrogen) atoms. The summed E-state index contributed by atoms with van der Waals surface area (Å²) in [7, 11) is 0. The van der Waals surface area contributed by atoms with E-state index < -0.39 is 0 Å². The van der Waals surface area contributed by atoms with Gasteiger partial charge in [-0.25, -0.2) is 0 Å². The van der Waals surface area contributed by atoms with E-state index in [1.54, 1.807) is 0 Å². The van der Waals surface area contributed by atoms with E-state index in [9.17, 15) is 4.79 Å². The molecule has 4 rings (SSSR count). The molecule has 0 bridgehead atoms. The minimum atomic E-state index is 0.0123. The van der Waals surface area contributed by atoms with Crippen molar-refractivity contribution >= 4 is 5.91 Å². The lowest BCUT2D eigenvalue weighted by Crippen LogP contribution is -2.63. The molecule has 5 nitrogen and oxygen atoms in total. The monoisotopic (exact) mass is 358 g/mol. The highest BCUT2D eigenvalue weighted by Crippen LogP contribution is 2.33. The summed E-state index contributed by atoms with van der Waals surface area (Å²) in [6, 6.07) is 6.50. The number of hydrogen-bond donors (Lipinski definition) is 2. The molecule has 3 aliphatic heterocycles. The van der Waals surface area contributed by atoms with Crippen LogP contribution in [0.3, 0.4) is 0 Å². The Bertz CT molecular complexity index is 671. The first-order valence-corrected chi connectivity index (χ1v) is 9.98. The summed E-state index contributed by atoms with van der Waals surface area (Å²) in [5.74, 6) is 1.11. The summed E-state index contributed by atoms with van der Waals surface area (Å²) >= 11 is 0. The molecule has 3 aliphatic rings. The van der Waals surface area contributed by atoms with Crippen molar-refractivity contribution in [2.45, 2.75) is 76.2 Å². The van der Waals surface area contributed by atoms with Gasteiger partial charge >= 0.3 is 0 Å². The molecule has 142 valence electrons. The molecule has 1 aromatic rings. The van der Waals surface area contributed by atoms with Crippen LogP contribution in [0.2, 0.25) is 0 Å². The van der Waals surface area contributed by atoms with Crippen molar-refractivity contribution in [2.24, 2.45) is 0 Å². The number of rotatable bonds is 5. The van der Waals surface area contributed by atoms with Crippen LogP contribution in [0, 0.1) is 0 Å². The Hall–Kier alpha value is -1.59. The van der Waals surface area contributed by atoms with E-state index in [4.69, 9.17) is 9.47 Å². The Morgan fingerprint density at radius 3 is 3.04 bits per heavy atom. The average molecular weight is 358 g/mol. The zero-order chi connectivity index (χ0) is 18.1. The van der Waals surface area contributed by atoms with Crippen molar-refractivity contribution < 1.29 is 14.3 Å². The van der Waals surface area contributed by atoms with Gasteiger partial charge < -0.3 is 20.1 Å². The Labute approximate surface area is 155 Å². The summed E-state index contributed by atoms with van der Waals surface area (Å²) in [5.41, 5.74) is 2.55. The lowest BCUT2D eigenvalue weighted by Gasteiger charge is -2.47. The maximum absolute atomic E-state index is 12.4. The Morgan fingerprint density at radius 2 is 2.27 bits per heavy atom. The van der Waals surface area contributed by atoms with Crippen LogP contribution in [0.15, 0.2) is 18.2 Å². The van der Waals surface area contributed by atoms with Crippen molar-refractivity contribution in [1.82, 2.24) is 10.6 Å². The largest absolute Gasteiger partial charge is 0.490 e. The van der Waals surface area contributed by atoms with Crippen LogP contribution in [-0.2, 0) is 22.4 Å². The molecule has 1 amide bonds. The van der Waals surface area contributed by atoms with E-state index in [-0.39, 0.29) is 29.8 Å². The van der Waals surface area contributed by atoms with Crippen molar-refractivity contribution in [3.05, 3.63) is 29.3 Å². The molecule has 1 spiro atoms. The lowest BCUT2D eigenvalue weighted by atomic mass is 9.86. The quantitative estimate of drug-likeness (QED) is 0.848. The third kappa shape index (κ3) is 3.89. The van der Waals surface area contributed by atoms with Gasteiger partial charge in [-0.05, 0) is 56.7 Å². The number of carbonyl (C=O) groups excluding carboxylic acids is 1. The van der Waals surface area contributed by atoms with Crippen LogP contribution >= 0.6 is 0 Å². The number of hydrogen-bond acceptors (Lipinski definition) is 4. The number of benzene rings is 1. The normalized spacial score (nSPS) is 27.3. The smallest absolute Gasteiger partial charge is 0.222 e. The molecule has 3 atom stereocenters. The summed E-state index contributed by atoms with van der Waals surface area (Å²) in [5, 5.41) is 6.44. The van der Waals surface area contributed by atoms with Gasteiger partial charge in [-0.1, -0.05) is 12.1 Å². The van der Waals surface area contributed by atoms with Gasteiger partial charge in [0.25, 0.3) is 0 Å². The van der Waals surface area contributed by atoms with Gasteiger partial charge in [-0.2, -0.15) is 0 Å². The lowest BCUT2D eigenvalue weighted by molar-refractivity contribution is -0.160. The van der Waals surface area contributed by atoms with Gasteiger partial charge in [0.05, 0.1) is 18.1 Å². The SMILES string of the molecule is CC1Cc2cc(C[C@@H](C)NC(=O)CC3CCCC4(CNC4)O3)ccc2O1. The molecular weight excluding hydrogens is 328 g/mol. The molecule has 2 saturated heterocycles. The predicted molar refractivity (Wildman–Crippen MR) is 100 cm³/mol. The summed E-state index contributed by atoms with van der Waals surface area (Å²) in [6.07, 6.45) is 5.89. The molecule has 5 heteroatoms. The second-order valence-corrected chi connectivity index (χ2v) is 8.37. The topological polar surface area (TPSA) is 59.6 Å². The minimum Gasteiger partial charge on any atom is -0.490 e. The Morgan fingerprint density at radius 1 is 1.42 bits per heavy atom. The van der Waals surface area contributed by atoms with E-state index in [2.05, 4.69) is 42.7 Å². The molecule has 2 fully saturated rings. The first-order valence-electron chi connectivity index (χ1n) is 9.98. The van der Waals surface area contributed by atoms with Gasteiger partial charge in [0.15, 0.2) is 0 Å². The van der Waals surface area contributed by atoms with Crippen LogP contribution in [0.25, 0.3) is 0 Å². The second-order valence-electron chi connectivity index (χ2n) is 8.37. The molecule has 0 saturated carbocycles. The summed E-state index contributed by atoms with van der Waals surface area (Å²) in [6.45, 7) is 6.04. The van der Waals surface area contributed by atoms with Gasteiger partial charge in [-0.15, -0.1) is 0 Å².